The number of esters is 2. The normalized spacial score (nSPS) is 10.3. The van der Waals surface area contributed by atoms with Gasteiger partial charge in [-0.3, -0.25) is 4.79 Å². The first-order valence-corrected chi connectivity index (χ1v) is 8.54. The number of carbonyl (C=O) groups is 3. The van der Waals surface area contributed by atoms with Gasteiger partial charge < -0.3 is 14.8 Å². The maximum absolute atomic E-state index is 13.0. The van der Waals surface area contributed by atoms with E-state index in [1.165, 1.54) is 24.5 Å². The number of rotatable bonds is 5. The minimum Gasteiger partial charge on any atom is -0.465 e. The summed E-state index contributed by atoms with van der Waals surface area (Å²) in [7, 11) is 1.24. The van der Waals surface area contributed by atoms with E-state index < -0.39 is 30.3 Å². The fraction of sp³-hybridized carbons (Fsp3) is 0.235. The van der Waals surface area contributed by atoms with Crippen molar-refractivity contribution in [3.63, 3.8) is 0 Å². The molecule has 0 aliphatic rings. The second kappa shape index (κ2) is 8.29. The van der Waals surface area contributed by atoms with Crippen molar-refractivity contribution in [1.29, 1.82) is 0 Å². The van der Waals surface area contributed by atoms with E-state index >= 15 is 0 Å². The third-order valence-electron chi connectivity index (χ3n) is 3.51. The summed E-state index contributed by atoms with van der Waals surface area (Å²) in [5.41, 5.74) is 0.905. The number of ether oxygens (including phenoxy) is 2. The maximum Gasteiger partial charge on any atom is 0.341 e. The Morgan fingerprint density at radius 3 is 2.54 bits per heavy atom. The van der Waals surface area contributed by atoms with Crippen molar-refractivity contribution < 1.29 is 28.2 Å². The molecule has 0 aliphatic heterocycles. The zero-order chi connectivity index (χ0) is 19.4. The van der Waals surface area contributed by atoms with Gasteiger partial charge in [0, 0.05) is 4.88 Å². The zero-order valence-electron chi connectivity index (χ0n) is 14.1. The third kappa shape index (κ3) is 4.39. The van der Waals surface area contributed by atoms with Gasteiger partial charge in [-0.05, 0) is 37.6 Å². The minimum absolute atomic E-state index is 0.0565. The van der Waals surface area contributed by atoms with E-state index in [4.69, 9.17) is 21.1 Å². The second-order valence-electron chi connectivity index (χ2n) is 5.23. The molecule has 0 saturated carbocycles. The molecule has 1 N–H and O–H groups in total. The topological polar surface area (TPSA) is 81.7 Å². The molecule has 9 heteroatoms. The van der Waals surface area contributed by atoms with Crippen molar-refractivity contribution in [1.82, 2.24) is 0 Å². The second-order valence-corrected chi connectivity index (χ2v) is 6.86. The SMILES string of the molecule is COC(=O)c1c(NC(=O)COC(=O)c2ccc(F)cc2Cl)sc(C)c1C. The number of thiophene rings is 1. The molecule has 26 heavy (non-hydrogen) atoms. The van der Waals surface area contributed by atoms with Gasteiger partial charge in [0.15, 0.2) is 6.61 Å². The standard InChI is InChI=1S/C17H15ClFNO5S/c1-8-9(2)26-15(14(8)17(23)24-3)20-13(21)7-25-16(22)11-5-4-10(19)6-12(11)18/h4-6H,7H2,1-3H3,(H,20,21). The number of methoxy groups -OCH3 is 1. The van der Waals surface area contributed by atoms with E-state index in [1.54, 1.807) is 13.8 Å². The number of hydrogen-bond acceptors (Lipinski definition) is 6. The fourth-order valence-electron chi connectivity index (χ4n) is 2.09. The molecule has 0 bridgehead atoms. The van der Waals surface area contributed by atoms with Gasteiger partial charge in [0.1, 0.15) is 10.8 Å². The lowest BCUT2D eigenvalue weighted by molar-refractivity contribution is -0.119. The molecular weight excluding hydrogens is 385 g/mol. The van der Waals surface area contributed by atoms with Crippen LogP contribution in [0, 0.1) is 19.7 Å². The zero-order valence-corrected chi connectivity index (χ0v) is 15.7. The molecule has 0 spiro atoms. The van der Waals surface area contributed by atoms with E-state index in [-0.39, 0.29) is 16.1 Å². The average Bonchev–Trinajstić information content (AvgIpc) is 2.86. The first kappa shape index (κ1) is 19.9. The molecule has 1 heterocycles. The van der Waals surface area contributed by atoms with Gasteiger partial charge in [0.2, 0.25) is 0 Å². The summed E-state index contributed by atoms with van der Waals surface area (Å²) in [6, 6.07) is 3.19. The summed E-state index contributed by atoms with van der Waals surface area (Å²) in [5.74, 6) is -2.67. The van der Waals surface area contributed by atoms with E-state index in [0.29, 0.717) is 10.6 Å². The molecule has 0 atom stereocenters. The van der Waals surface area contributed by atoms with Gasteiger partial charge in [-0.25, -0.2) is 14.0 Å². The van der Waals surface area contributed by atoms with Crippen molar-refractivity contribution in [3.05, 3.63) is 50.6 Å². The molecule has 0 saturated heterocycles. The third-order valence-corrected chi connectivity index (χ3v) is 4.95. The number of amides is 1. The summed E-state index contributed by atoms with van der Waals surface area (Å²) < 4.78 is 22.6. The summed E-state index contributed by atoms with van der Waals surface area (Å²) in [4.78, 5) is 36.7. The summed E-state index contributed by atoms with van der Waals surface area (Å²) in [6.07, 6.45) is 0. The number of anilines is 1. The molecule has 0 fully saturated rings. The van der Waals surface area contributed by atoms with Crippen molar-refractivity contribution in [3.8, 4) is 0 Å². The lowest BCUT2D eigenvalue weighted by atomic mass is 10.1. The van der Waals surface area contributed by atoms with Gasteiger partial charge in [0.25, 0.3) is 5.91 Å². The Labute approximate surface area is 157 Å². The summed E-state index contributed by atoms with van der Waals surface area (Å²) in [6.45, 7) is 2.95. The van der Waals surface area contributed by atoms with Crippen LogP contribution in [0.25, 0.3) is 0 Å². The molecule has 138 valence electrons. The molecule has 1 aromatic heterocycles. The van der Waals surface area contributed by atoms with Crippen LogP contribution in [0.5, 0.6) is 0 Å². The first-order valence-electron chi connectivity index (χ1n) is 7.35. The summed E-state index contributed by atoms with van der Waals surface area (Å²) >= 11 is 6.98. The minimum atomic E-state index is -0.864. The van der Waals surface area contributed by atoms with Crippen molar-refractivity contribution in [2.24, 2.45) is 0 Å². The molecule has 2 aromatic rings. The number of carbonyl (C=O) groups excluding carboxylic acids is 3. The Morgan fingerprint density at radius 2 is 1.92 bits per heavy atom. The van der Waals surface area contributed by atoms with Crippen LogP contribution in [0.2, 0.25) is 5.02 Å². The highest BCUT2D eigenvalue weighted by Crippen LogP contribution is 2.32. The Balaban J connectivity index is 2.05. The van der Waals surface area contributed by atoms with E-state index in [9.17, 15) is 18.8 Å². The molecule has 0 unspecified atom stereocenters. The predicted molar refractivity (Wildman–Crippen MR) is 95.5 cm³/mol. The Bertz CT molecular complexity index is 880. The van der Waals surface area contributed by atoms with E-state index in [0.717, 1.165) is 17.0 Å². The van der Waals surface area contributed by atoms with Crippen molar-refractivity contribution >= 4 is 45.8 Å². The smallest absolute Gasteiger partial charge is 0.341 e. The van der Waals surface area contributed by atoms with Gasteiger partial charge in [0.05, 0.1) is 23.3 Å². The summed E-state index contributed by atoms with van der Waals surface area (Å²) in [5, 5.41) is 2.72. The molecule has 6 nitrogen and oxygen atoms in total. The largest absolute Gasteiger partial charge is 0.465 e. The number of benzene rings is 1. The Morgan fingerprint density at radius 1 is 1.23 bits per heavy atom. The van der Waals surface area contributed by atoms with Gasteiger partial charge >= 0.3 is 11.9 Å². The van der Waals surface area contributed by atoms with Gasteiger partial charge in [-0.1, -0.05) is 11.6 Å². The quantitative estimate of drug-likeness (QED) is 0.774. The predicted octanol–water partition coefficient (Wildman–Crippen LogP) is 3.74. The van der Waals surface area contributed by atoms with Crippen LogP contribution in [-0.2, 0) is 14.3 Å². The molecule has 2 rings (SSSR count). The highest BCUT2D eigenvalue weighted by molar-refractivity contribution is 7.16. The first-order chi connectivity index (χ1) is 12.2. The Kier molecular flexibility index (Phi) is 6.33. The molecule has 1 aromatic carbocycles. The van der Waals surface area contributed by atoms with Crippen LogP contribution in [-0.4, -0.2) is 31.6 Å². The molecule has 0 aliphatic carbocycles. The highest BCUT2D eigenvalue weighted by Gasteiger charge is 2.22. The molecular formula is C17H15ClFNO5S. The van der Waals surface area contributed by atoms with Crippen LogP contribution in [0.4, 0.5) is 9.39 Å². The highest BCUT2D eigenvalue weighted by atomic mass is 35.5. The monoisotopic (exact) mass is 399 g/mol. The number of nitrogens with one attached hydrogen (secondary N) is 1. The fourth-order valence-corrected chi connectivity index (χ4v) is 3.40. The van der Waals surface area contributed by atoms with E-state index in [1.807, 2.05) is 0 Å². The van der Waals surface area contributed by atoms with Crippen molar-refractivity contribution in [2.75, 3.05) is 19.0 Å². The van der Waals surface area contributed by atoms with Crippen LogP contribution in [0.15, 0.2) is 18.2 Å². The average molecular weight is 400 g/mol. The number of aryl methyl sites for hydroxylation is 1. The molecule has 0 radical (unpaired) electrons. The van der Waals surface area contributed by atoms with Crippen LogP contribution >= 0.6 is 22.9 Å². The van der Waals surface area contributed by atoms with Gasteiger partial charge in [-0.2, -0.15) is 0 Å². The number of halogens is 2. The lowest BCUT2D eigenvalue weighted by Crippen LogP contribution is -2.21. The number of hydrogen-bond donors (Lipinski definition) is 1. The van der Waals surface area contributed by atoms with E-state index in [2.05, 4.69) is 5.32 Å². The van der Waals surface area contributed by atoms with Gasteiger partial charge in [-0.15, -0.1) is 11.3 Å². The lowest BCUT2D eigenvalue weighted by Gasteiger charge is -2.08. The Hall–Kier alpha value is -2.45. The van der Waals surface area contributed by atoms with Crippen LogP contribution in [0.1, 0.15) is 31.2 Å². The maximum atomic E-state index is 13.0. The van der Waals surface area contributed by atoms with Crippen molar-refractivity contribution in [2.45, 2.75) is 13.8 Å². The van der Waals surface area contributed by atoms with Crippen LogP contribution in [0.3, 0.4) is 0 Å². The van der Waals surface area contributed by atoms with Crippen LogP contribution < -0.4 is 5.32 Å². The molecule has 1 amide bonds.